The molecule has 0 spiro atoms. The minimum atomic E-state index is -0.435. The molecule has 0 aromatic heterocycles. The van der Waals surface area contributed by atoms with Crippen LogP contribution in [0.1, 0.15) is 20.8 Å². The highest BCUT2D eigenvalue weighted by Crippen LogP contribution is 1.85. The fraction of sp³-hybridized carbons (Fsp3) is 0.333. The first-order valence-corrected chi connectivity index (χ1v) is 3.71. The second-order valence-electron chi connectivity index (χ2n) is 2.48. The Morgan fingerprint density at radius 3 is 1.46 bits per heavy atom. The van der Waals surface area contributed by atoms with Gasteiger partial charge >= 0.3 is 0 Å². The SMILES string of the molecule is C/C=C(\C)C(N)=O.C=C(C)C(N)=O. The van der Waals surface area contributed by atoms with Gasteiger partial charge in [0.15, 0.2) is 0 Å². The summed E-state index contributed by atoms with van der Waals surface area (Å²) in [5.74, 6) is -0.780. The van der Waals surface area contributed by atoms with Gasteiger partial charge in [-0.15, -0.1) is 0 Å². The Hall–Kier alpha value is -1.58. The summed E-state index contributed by atoms with van der Waals surface area (Å²) >= 11 is 0. The summed E-state index contributed by atoms with van der Waals surface area (Å²) in [4.78, 5) is 19.9. The average Bonchev–Trinajstić information content (AvgIpc) is 2.03. The van der Waals surface area contributed by atoms with Crippen LogP contribution in [0.4, 0.5) is 0 Å². The first-order chi connectivity index (χ1) is 5.82. The zero-order chi connectivity index (χ0) is 11.0. The van der Waals surface area contributed by atoms with Gasteiger partial charge in [0, 0.05) is 11.1 Å². The second kappa shape index (κ2) is 7.09. The van der Waals surface area contributed by atoms with E-state index < -0.39 is 5.91 Å². The van der Waals surface area contributed by atoms with E-state index >= 15 is 0 Å². The molecule has 0 radical (unpaired) electrons. The third kappa shape index (κ3) is 10.4. The number of carbonyl (C=O) groups is 2. The van der Waals surface area contributed by atoms with E-state index in [9.17, 15) is 9.59 Å². The minimum absolute atomic E-state index is 0.345. The molecule has 0 aliphatic carbocycles. The highest BCUT2D eigenvalue weighted by Gasteiger charge is 1.90. The van der Waals surface area contributed by atoms with Crippen LogP contribution in [-0.2, 0) is 9.59 Å². The molecule has 0 atom stereocenters. The predicted octanol–water partition coefficient (Wildman–Crippen LogP) is 0.486. The Kier molecular flexibility index (Phi) is 7.62. The number of allylic oxidation sites excluding steroid dienone is 1. The lowest BCUT2D eigenvalue weighted by Crippen LogP contribution is -2.10. The van der Waals surface area contributed by atoms with Crippen LogP contribution in [-0.4, -0.2) is 11.8 Å². The van der Waals surface area contributed by atoms with E-state index in [2.05, 4.69) is 6.58 Å². The van der Waals surface area contributed by atoms with E-state index in [4.69, 9.17) is 11.5 Å². The summed E-state index contributed by atoms with van der Waals surface area (Å²) in [5.41, 5.74) is 10.5. The maximum Gasteiger partial charge on any atom is 0.243 e. The van der Waals surface area contributed by atoms with Gasteiger partial charge in [-0.2, -0.15) is 0 Å². The van der Waals surface area contributed by atoms with E-state index in [0.717, 1.165) is 0 Å². The van der Waals surface area contributed by atoms with E-state index in [0.29, 0.717) is 11.1 Å². The van der Waals surface area contributed by atoms with Crippen molar-refractivity contribution in [3.8, 4) is 0 Å². The van der Waals surface area contributed by atoms with Gasteiger partial charge in [0.2, 0.25) is 11.8 Å². The highest BCUT2D eigenvalue weighted by atomic mass is 16.1. The first kappa shape index (κ1) is 14.0. The third-order valence-electron chi connectivity index (χ3n) is 1.24. The molecule has 0 rings (SSSR count). The average molecular weight is 184 g/mol. The van der Waals surface area contributed by atoms with Crippen LogP contribution in [0.3, 0.4) is 0 Å². The van der Waals surface area contributed by atoms with Crippen LogP contribution >= 0.6 is 0 Å². The van der Waals surface area contributed by atoms with E-state index in [1.807, 2.05) is 0 Å². The van der Waals surface area contributed by atoms with Gasteiger partial charge in [-0.1, -0.05) is 12.7 Å². The summed E-state index contributed by atoms with van der Waals surface area (Å²) in [5, 5.41) is 0. The molecule has 0 aliphatic heterocycles. The van der Waals surface area contributed by atoms with Crippen molar-refractivity contribution in [3.05, 3.63) is 23.8 Å². The van der Waals surface area contributed by atoms with Crippen LogP contribution in [0.5, 0.6) is 0 Å². The van der Waals surface area contributed by atoms with Gasteiger partial charge in [-0.3, -0.25) is 9.59 Å². The maximum atomic E-state index is 10.1. The van der Waals surface area contributed by atoms with Gasteiger partial charge in [-0.25, -0.2) is 0 Å². The van der Waals surface area contributed by atoms with E-state index in [-0.39, 0.29) is 5.91 Å². The lowest BCUT2D eigenvalue weighted by Gasteiger charge is -1.85. The molecule has 0 bridgehead atoms. The molecule has 0 heterocycles. The van der Waals surface area contributed by atoms with Crippen molar-refractivity contribution in [2.75, 3.05) is 0 Å². The Morgan fingerprint density at radius 2 is 1.46 bits per heavy atom. The van der Waals surface area contributed by atoms with Crippen LogP contribution in [0.25, 0.3) is 0 Å². The lowest BCUT2D eigenvalue weighted by molar-refractivity contribution is -0.115. The molecule has 74 valence electrons. The number of hydrogen-bond acceptors (Lipinski definition) is 2. The van der Waals surface area contributed by atoms with Crippen LogP contribution in [0.15, 0.2) is 23.8 Å². The molecule has 2 amide bonds. The molecule has 13 heavy (non-hydrogen) atoms. The van der Waals surface area contributed by atoms with Crippen molar-refractivity contribution < 1.29 is 9.59 Å². The predicted molar refractivity (Wildman–Crippen MR) is 52.6 cm³/mol. The maximum absolute atomic E-state index is 10.1. The molecule has 0 aromatic rings. The van der Waals surface area contributed by atoms with Crippen molar-refractivity contribution in [2.24, 2.45) is 11.5 Å². The van der Waals surface area contributed by atoms with E-state index in [1.54, 1.807) is 26.8 Å². The summed E-state index contributed by atoms with van der Waals surface area (Å²) in [6.45, 7) is 8.31. The molecular formula is C9H16N2O2. The van der Waals surface area contributed by atoms with Crippen LogP contribution < -0.4 is 11.5 Å². The zero-order valence-corrected chi connectivity index (χ0v) is 8.26. The normalized spacial score (nSPS) is 9.62. The lowest BCUT2D eigenvalue weighted by atomic mass is 10.3. The number of primary amides is 2. The summed E-state index contributed by atoms with van der Waals surface area (Å²) in [6, 6.07) is 0. The summed E-state index contributed by atoms with van der Waals surface area (Å²) in [6.07, 6.45) is 1.68. The molecule has 0 fully saturated rings. The van der Waals surface area contributed by atoms with Crippen molar-refractivity contribution in [3.63, 3.8) is 0 Å². The highest BCUT2D eigenvalue weighted by molar-refractivity contribution is 5.91. The van der Waals surface area contributed by atoms with Crippen LogP contribution in [0, 0.1) is 0 Å². The topological polar surface area (TPSA) is 86.2 Å². The molecular weight excluding hydrogens is 168 g/mol. The quantitative estimate of drug-likeness (QED) is 0.612. The molecule has 4 heteroatoms. The van der Waals surface area contributed by atoms with Gasteiger partial charge < -0.3 is 11.5 Å². The number of amides is 2. The Morgan fingerprint density at radius 1 is 1.15 bits per heavy atom. The third-order valence-corrected chi connectivity index (χ3v) is 1.24. The number of nitrogens with two attached hydrogens (primary N) is 2. The summed E-state index contributed by atoms with van der Waals surface area (Å²) < 4.78 is 0. The van der Waals surface area contributed by atoms with Crippen molar-refractivity contribution in [1.29, 1.82) is 0 Å². The molecule has 0 saturated carbocycles. The minimum Gasteiger partial charge on any atom is -0.366 e. The first-order valence-electron chi connectivity index (χ1n) is 3.71. The molecule has 4 N–H and O–H groups in total. The van der Waals surface area contributed by atoms with E-state index in [1.165, 1.54) is 0 Å². The van der Waals surface area contributed by atoms with Crippen molar-refractivity contribution >= 4 is 11.8 Å². The van der Waals surface area contributed by atoms with Gasteiger partial charge in [0.25, 0.3) is 0 Å². The number of carbonyl (C=O) groups excluding carboxylic acids is 2. The second-order valence-corrected chi connectivity index (χ2v) is 2.48. The van der Waals surface area contributed by atoms with Crippen molar-refractivity contribution in [2.45, 2.75) is 20.8 Å². The number of hydrogen-bond donors (Lipinski definition) is 2. The van der Waals surface area contributed by atoms with Gasteiger partial charge in [-0.05, 0) is 20.8 Å². The Balaban J connectivity index is 0. The van der Waals surface area contributed by atoms with Gasteiger partial charge in [0.05, 0.1) is 0 Å². The van der Waals surface area contributed by atoms with Gasteiger partial charge in [0.1, 0.15) is 0 Å². The zero-order valence-electron chi connectivity index (χ0n) is 8.26. The fourth-order valence-corrected chi connectivity index (χ4v) is 0.142. The standard InChI is InChI=1S/C5H9NO.C4H7NO/c1-3-4(2)5(6)7;1-3(2)4(5)6/h3H,1-2H3,(H2,6,7);1H2,2H3,(H2,5,6)/b4-3+;. The Labute approximate surface area is 78.3 Å². The molecule has 0 aliphatic rings. The molecule has 0 aromatic carbocycles. The molecule has 4 nitrogen and oxygen atoms in total. The number of rotatable bonds is 2. The molecule has 0 unspecified atom stereocenters. The molecule has 0 saturated heterocycles. The monoisotopic (exact) mass is 184 g/mol. The summed E-state index contributed by atoms with van der Waals surface area (Å²) in [7, 11) is 0. The smallest absolute Gasteiger partial charge is 0.243 e. The Bertz CT molecular complexity index is 230. The fourth-order valence-electron chi connectivity index (χ4n) is 0.142. The van der Waals surface area contributed by atoms with Crippen molar-refractivity contribution in [1.82, 2.24) is 0 Å². The van der Waals surface area contributed by atoms with Crippen LogP contribution in [0.2, 0.25) is 0 Å². The largest absolute Gasteiger partial charge is 0.366 e.